The lowest BCUT2D eigenvalue weighted by molar-refractivity contribution is -0.127. The first-order chi connectivity index (χ1) is 14.0. The van der Waals surface area contributed by atoms with Crippen LogP contribution in [0.15, 0.2) is 48.0 Å². The maximum atomic E-state index is 13.4. The van der Waals surface area contributed by atoms with Gasteiger partial charge >= 0.3 is 0 Å². The lowest BCUT2D eigenvalue weighted by Gasteiger charge is -2.48. The topological polar surface area (TPSA) is 26.3 Å². The minimum absolute atomic E-state index is 0.205. The van der Waals surface area contributed by atoms with Crippen LogP contribution >= 0.6 is 11.6 Å². The Morgan fingerprint density at radius 3 is 2.69 bits per heavy atom. The molecule has 0 spiro atoms. The summed E-state index contributed by atoms with van der Waals surface area (Å²) in [6.45, 7) is 2.22. The van der Waals surface area contributed by atoms with Gasteiger partial charge in [0.15, 0.2) is 5.78 Å². The normalized spacial score (nSPS) is 31.9. The van der Waals surface area contributed by atoms with E-state index in [0.717, 1.165) is 47.6 Å². The van der Waals surface area contributed by atoms with E-state index >= 15 is 0 Å². The Morgan fingerprint density at radius 1 is 1.14 bits per heavy atom. The Balaban J connectivity index is 1.47. The first kappa shape index (κ1) is 18.9. The summed E-state index contributed by atoms with van der Waals surface area (Å²) in [4.78, 5) is 13.4. The molecule has 2 saturated carbocycles. The Labute approximate surface area is 177 Å². The number of Topliss-reactive ketones (excluding diaryl/α,β-unsaturated/α-hetero) is 1. The summed E-state index contributed by atoms with van der Waals surface area (Å²) in [5, 5.41) is 0.728. The number of ketones is 1. The highest BCUT2D eigenvalue weighted by atomic mass is 35.5. The highest BCUT2D eigenvalue weighted by molar-refractivity contribution is 6.30. The van der Waals surface area contributed by atoms with Gasteiger partial charge in [-0.2, -0.15) is 0 Å². The van der Waals surface area contributed by atoms with Gasteiger partial charge in [-0.1, -0.05) is 36.7 Å². The zero-order chi connectivity index (χ0) is 20.2. The molecule has 29 heavy (non-hydrogen) atoms. The van der Waals surface area contributed by atoms with Crippen molar-refractivity contribution >= 4 is 23.5 Å². The summed E-state index contributed by atoms with van der Waals surface area (Å²) in [6.07, 6.45) is 7.36. The van der Waals surface area contributed by atoms with E-state index in [9.17, 15) is 4.79 Å². The number of halogens is 1. The molecule has 2 aromatic rings. The number of fused-ring (bicyclic) bond motifs is 5. The van der Waals surface area contributed by atoms with Crippen molar-refractivity contribution in [1.82, 2.24) is 0 Å². The Kier molecular flexibility index (Phi) is 4.58. The van der Waals surface area contributed by atoms with Crippen molar-refractivity contribution in [2.24, 2.45) is 17.3 Å². The third-order valence-corrected chi connectivity index (χ3v) is 8.04. The van der Waals surface area contributed by atoms with Crippen molar-refractivity contribution in [1.29, 1.82) is 0 Å². The molecule has 0 N–H and O–H groups in total. The quantitative estimate of drug-likeness (QED) is 0.534. The van der Waals surface area contributed by atoms with E-state index in [2.05, 4.69) is 31.2 Å². The molecule has 2 aromatic carbocycles. The third kappa shape index (κ3) is 3.04. The number of methoxy groups -OCH3 is 1. The SMILES string of the molecule is COc1ccc2c(c1)CC[C@@H]1[C@@H]2CC[C@@]2(C)C(=O)/C(=C/c3ccc(Cl)cc3)C[C@H]12. The van der Waals surface area contributed by atoms with Gasteiger partial charge in [0, 0.05) is 10.4 Å². The van der Waals surface area contributed by atoms with Gasteiger partial charge in [0.05, 0.1) is 7.11 Å². The Bertz CT molecular complexity index is 990. The monoisotopic (exact) mass is 406 g/mol. The molecule has 0 aromatic heterocycles. The van der Waals surface area contributed by atoms with Gasteiger partial charge < -0.3 is 4.74 Å². The number of allylic oxidation sites excluding steroid dienone is 1. The number of ether oxygens (including phenoxy) is 1. The molecule has 2 nitrogen and oxygen atoms in total. The third-order valence-electron chi connectivity index (χ3n) is 7.78. The zero-order valence-electron chi connectivity index (χ0n) is 17.1. The van der Waals surface area contributed by atoms with E-state index < -0.39 is 0 Å². The fourth-order valence-electron chi connectivity index (χ4n) is 6.25. The first-order valence-corrected chi connectivity index (χ1v) is 11.0. The molecule has 0 bridgehead atoms. The highest BCUT2D eigenvalue weighted by Gasteiger charge is 2.56. The number of benzene rings is 2. The molecular weight excluding hydrogens is 380 g/mol. The Morgan fingerprint density at radius 2 is 1.93 bits per heavy atom. The largest absolute Gasteiger partial charge is 0.497 e. The standard InChI is InChI=1S/C26H27ClO2/c1-26-12-11-22-21-10-8-20(29-2)14-17(21)5-9-23(22)24(26)15-18(25(26)28)13-16-3-6-19(27)7-4-16/h3-4,6-8,10,13-14,22-24H,5,9,11-12,15H2,1-2H3/b18-13+/t22-,23-,24-,26-/m1/s1. The van der Waals surface area contributed by atoms with Crippen LogP contribution < -0.4 is 4.74 Å². The fourth-order valence-corrected chi connectivity index (χ4v) is 6.37. The summed E-state index contributed by atoms with van der Waals surface area (Å²) in [5.74, 6) is 2.94. The van der Waals surface area contributed by atoms with Gasteiger partial charge in [0.2, 0.25) is 0 Å². The first-order valence-electron chi connectivity index (χ1n) is 10.7. The molecule has 3 aliphatic carbocycles. The predicted octanol–water partition coefficient (Wildman–Crippen LogP) is 6.47. The van der Waals surface area contributed by atoms with Crippen LogP contribution in [0.25, 0.3) is 6.08 Å². The average Bonchev–Trinajstić information content (AvgIpc) is 2.99. The molecule has 0 radical (unpaired) electrons. The molecule has 3 heteroatoms. The highest BCUT2D eigenvalue weighted by Crippen LogP contribution is 2.60. The number of aryl methyl sites for hydroxylation is 1. The van der Waals surface area contributed by atoms with Crippen LogP contribution in [0.2, 0.25) is 5.02 Å². The maximum Gasteiger partial charge on any atom is 0.165 e. The van der Waals surface area contributed by atoms with Crippen molar-refractivity contribution in [3.8, 4) is 5.75 Å². The van der Waals surface area contributed by atoms with E-state index in [4.69, 9.17) is 16.3 Å². The molecule has 0 heterocycles. The van der Waals surface area contributed by atoms with Crippen molar-refractivity contribution in [2.75, 3.05) is 7.11 Å². The van der Waals surface area contributed by atoms with Crippen molar-refractivity contribution in [2.45, 2.75) is 44.9 Å². The predicted molar refractivity (Wildman–Crippen MR) is 117 cm³/mol. The number of carbonyl (C=O) groups excluding carboxylic acids is 1. The minimum atomic E-state index is -0.205. The lowest BCUT2D eigenvalue weighted by atomic mass is 9.55. The molecule has 0 saturated heterocycles. The second-order valence-electron chi connectivity index (χ2n) is 9.19. The molecule has 0 unspecified atom stereocenters. The fraction of sp³-hybridized carbons (Fsp3) is 0.423. The maximum absolute atomic E-state index is 13.4. The summed E-state index contributed by atoms with van der Waals surface area (Å²) >= 11 is 6.02. The van der Waals surface area contributed by atoms with E-state index in [0.29, 0.717) is 23.5 Å². The van der Waals surface area contributed by atoms with Crippen LogP contribution in [0.3, 0.4) is 0 Å². The molecule has 5 rings (SSSR count). The number of hydrogen-bond acceptors (Lipinski definition) is 2. The van der Waals surface area contributed by atoms with Crippen molar-refractivity contribution < 1.29 is 9.53 Å². The van der Waals surface area contributed by atoms with Gasteiger partial charge in [-0.25, -0.2) is 0 Å². The van der Waals surface area contributed by atoms with Crippen LogP contribution in [0.5, 0.6) is 5.75 Å². The van der Waals surface area contributed by atoms with Gasteiger partial charge in [-0.3, -0.25) is 4.79 Å². The average molecular weight is 407 g/mol. The zero-order valence-corrected chi connectivity index (χ0v) is 17.8. The number of rotatable bonds is 2. The van der Waals surface area contributed by atoms with Gasteiger partial charge in [-0.15, -0.1) is 0 Å². The molecule has 2 fully saturated rings. The minimum Gasteiger partial charge on any atom is -0.497 e. The van der Waals surface area contributed by atoms with Crippen LogP contribution in [0.1, 0.15) is 55.2 Å². The van der Waals surface area contributed by atoms with E-state index in [1.165, 1.54) is 17.5 Å². The van der Waals surface area contributed by atoms with Crippen LogP contribution in [0.4, 0.5) is 0 Å². The second kappa shape index (κ2) is 7.02. The van der Waals surface area contributed by atoms with Gasteiger partial charge in [0.1, 0.15) is 5.75 Å². The smallest absolute Gasteiger partial charge is 0.165 e. The summed E-state index contributed by atoms with van der Waals surface area (Å²) in [6, 6.07) is 14.4. The summed E-state index contributed by atoms with van der Waals surface area (Å²) in [5.41, 5.74) is 4.80. The van der Waals surface area contributed by atoms with Crippen LogP contribution in [-0.2, 0) is 11.2 Å². The van der Waals surface area contributed by atoms with E-state index in [-0.39, 0.29) is 5.41 Å². The van der Waals surface area contributed by atoms with E-state index in [1.807, 2.05) is 24.3 Å². The molecular formula is C26H27ClO2. The van der Waals surface area contributed by atoms with Crippen molar-refractivity contribution in [3.63, 3.8) is 0 Å². The molecule has 0 aliphatic heterocycles. The van der Waals surface area contributed by atoms with Gasteiger partial charge in [0.25, 0.3) is 0 Å². The summed E-state index contributed by atoms with van der Waals surface area (Å²) in [7, 11) is 1.73. The molecule has 4 atom stereocenters. The van der Waals surface area contributed by atoms with E-state index in [1.54, 1.807) is 7.11 Å². The Hall–Kier alpha value is -2.06. The van der Waals surface area contributed by atoms with Gasteiger partial charge in [-0.05, 0) is 102 Å². The molecule has 0 amide bonds. The summed E-state index contributed by atoms with van der Waals surface area (Å²) < 4.78 is 5.43. The molecule has 150 valence electrons. The van der Waals surface area contributed by atoms with Crippen molar-refractivity contribution in [3.05, 3.63) is 69.8 Å². The van der Waals surface area contributed by atoms with Crippen LogP contribution in [-0.4, -0.2) is 12.9 Å². The lowest BCUT2D eigenvalue weighted by Crippen LogP contribution is -2.42. The van der Waals surface area contributed by atoms with Crippen LogP contribution in [0, 0.1) is 17.3 Å². The number of carbonyl (C=O) groups is 1. The molecule has 3 aliphatic rings. The second-order valence-corrected chi connectivity index (χ2v) is 9.63. The number of hydrogen-bond donors (Lipinski definition) is 0.